The molecule has 4 nitrogen and oxygen atoms in total. The van der Waals surface area contributed by atoms with Gasteiger partial charge in [0.25, 0.3) is 0 Å². The lowest BCUT2D eigenvalue weighted by atomic mass is 10.1. The van der Waals surface area contributed by atoms with Gasteiger partial charge < -0.3 is 9.13 Å². The van der Waals surface area contributed by atoms with Crippen molar-refractivity contribution < 1.29 is 9.13 Å². The average molecular weight is 885 g/mol. The van der Waals surface area contributed by atoms with Crippen LogP contribution in [0.15, 0.2) is 237 Å². The Kier molecular flexibility index (Phi) is 9.84. The fourth-order valence-electron chi connectivity index (χ4n) is 9.19. The highest BCUT2D eigenvalue weighted by molar-refractivity contribution is 8.25. The van der Waals surface area contributed by atoms with E-state index >= 15 is 9.13 Å². The molecule has 63 heavy (non-hydrogen) atoms. The lowest BCUT2D eigenvalue weighted by Gasteiger charge is -2.25. The fraction of sp³-hybridized carbons (Fsp3) is 0. The summed E-state index contributed by atoms with van der Waals surface area (Å²) in [5, 5.41) is 10.4. The van der Waals surface area contributed by atoms with Gasteiger partial charge in [-0.2, -0.15) is 0 Å². The predicted molar refractivity (Wildman–Crippen MR) is 273 cm³/mol. The van der Waals surface area contributed by atoms with Crippen LogP contribution < -0.4 is 47.7 Å². The van der Waals surface area contributed by atoms with E-state index in [0.717, 1.165) is 64.3 Å². The summed E-state index contributed by atoms with van der Waals surface area (Å²) in [4.78, 5) is 5.53. The van der Waals surface area contributed by atoms with Gasteiger partial charge in [0.1, 0.15) is 11.2 Å². The molecule has 11 aromatic rings. The van der Waals surface area contributed by atoms with Crippen LogP contribution >= 0.6 is 20.3 Å². The normalized spacial score (nSPS) is 12.3. The maximum Gasteiger partial charge on any atom is 0.173 e. The van der Waals surface area contributed by atoms with Crippen LogP contribution in [0.1, 0.15) is 0 Å². The van der Waals surface area contributed by atoms with E-state index in [0.29, 0.717) is 21.8 Å². The van der Waals surface area contributed by atoms with Crippen molar-refractivity contribution in [2.45, 2.75) is 0 Å². The number of para-hydroxylation sites is 1. The minimum Gasteiger partial charge on any atom is -0.309 e. The van der Waals surface area contributed by atoms with Gasteiger partial charge in [0.15, 0.2) is 14.3 Å². The van der Waals surface area contributed by atoms with Crippen LogP contribution in [0.25, 0.3) is 38.4 Å². The van der Waals surface area contributed by atoms with E-state index in [2.05, 4.69) is 89.3 Å². The summed E-state index contributed by atoms with van der Waals surface area (Å²) in [6.07, 6.45) is 0. The highest BCUT2D eigenvalue weighted by Gasteiger charge is 2.34. The Morgan fingerprint density at radius 1 is 0.349 bits per heavy atom. The number of aromatic nitrogens is 2. The zero-order valence-corrected chi connectivity index (χ0v) is 37.5. The molecule has 0 aliphatic heterocycles. The van der Waals surface area contributed by atoms with Crippen molar-refractivity contribution in [1.82, 2.24) is 9.38 Å². The molecule has 9 aromatic carbocycles. The van der Waals surface area contributed by atoms with Crippen LogP contribution in [-0.4, -0.2) is 9.38 Å². The quantitative estimate of drug-likeness (QED) is 0.107. The van der Waals surface area contributed by atoms with Gasteiger partial charge in [-0.15, -0.1) is 0 Å². The summed E-state index contributed by atoms with van der Waals surface area (Å²) in [5.41, 5.74) is 3.13. The molecule has 0 bridgehead atoms. The summed E-state index contributed by atoms with van der Waals surface area (Å²) < 4.78 is 34.2. The van der Waals surface area contributed by atoms with E-state index in [1.165, 1.54) is 0 Å². The molecule has 0 N–H and O–H groups in total. The van der Waals surface area contributed by atoms with Gasteiger partial charge in [0.2, 0.25) is 0 Å². The molecule has 0 aliphatic rings. The maximum absolute atomic E-state index is 16.1. The Labute approximate surface area is 371 Å². The van der Waals surface area contributed by atoms with E-state index in [1.807, 2.05) is 152 Å². The highest BCUT2D eigenvalue weighted by atomic mass is 32.4. The van der Waals surface area contributed by atoms with Gasteiger partial charge >= 0.3 is 0 Å². The molecule has 0 atom stereocenters. The molecule has 302 valence electrons. The highest BCUT2D eigenvalue weighted by Crippen LogP contribution is 2.48. The third-order valence-corrected chi connectivity index (χ3v) is 23.3. The third-order valence-electron chi connectivity index (χ3n) is 12.2. The minimum absolute atomic E-state index is 0.657. The molecular formula is C55H39N2O2P3S. The number of hydrogen-bond acceptors (Lipinski definition) is 4. The van der Waals surface area contributed by atoms with Crippen molar-refractivity contribution in [3.8, 4) is 0 Å². The molecule has 0 radical (unpaired) electrons. The second kappa shape index (κ2) is 15.7. The van der Waals surface area contributed by atoms with Gasteiger partial charge in [-0.25, -0.2) is 4.98 Å². The fourth-order valence-corrected chi connectivity index (χ4v) is 18.4. The van der Waals surface area contributed by atoms with Crippen molar-refractivity contribution in [2.75, 3.05) is 0 Å². The zero-order chi connectivity index (χ0) is 42.6. The first-order chi connectivity index (χ1) is 30.9. The standard InChI is InChI=1S/C55H39N2O2P3S/c58-60(40-20-7-1-8-21-40,41-22-9-2-10-23-41)46-34-36-48-49-39-47(62(63,44-28-15-5-16-29-44)45-30-17-6-18-31-45)35-37-51(49)57-52-32-19-33-53(54(52)56-55(57)50(48)38-46)61(59,42-24-11-3-12-25-42)43-26-13-4-14-27-43/h1-39H. The van der Waals surface area contributed by atoms with E-state index < -0.39 is 20.3 Å². The summed E-state index contributed by atoms with van der Waals surface area (Å²) in [6.45, 7) is 0. The molecule has 0 amide bonds. The van der Waals surface area contributed by atoms with E-state index in [1.54, 1.807) is 0 Å². The zero-order valence-electron chi connectivity index (χ0n) is 34.0. The lowest BCUT2D eigenvalue weighted by Crippen LogP contribution is -2.25. The monoisotopic (exact) mass is 884 g/mol. The second-order valence-corrected chi connectivity index (χ2v) is 25.6. The Morgan fingerprint density at radius 2 is 0.778 bits per heavy atom. The first kappa shape index (κ1) is 39.4. The molecule has 8 heteroatoms. The number of imidazole rings is 1. The molecule has 0 saturated carbocycles. The van der Waals surface area contributed by atoms with E-state index in [-0.39, 0.29) is 0 Å². The van der Waals surface area contributed by atoms with Gasteiger partial charge in [-0.05, 0) is 51.6 Å². The number of fused-ring (bicyclic) bond motifs is 8. The van der Waals surface area contributed by atoms with Crippen LogP contribution in [0.4, 0.5) is 0 Å². The molecule has 2 heterocycles. The number of benzene rings is 9. The molecule has 0 fully saturated rings. The van der Waals surface area contributed by atoms with Crippen LogP contribution in [-0.2, 0) is 20.9 Å². The first-order valence-corrected chi connectivity index (χ1v) is 27.1. The topological polar surface area (TPSA) is 51.4 Å². The predicted octanol–water partition coefficient (Wildman–Crippen LogP) is 9.83. The molecule has 2 aromatic heterocycles. The molecule has 0 aliphatic carbocycles. The van der Waals surface area contributed by atoms with Crippen molar-refractivity contribution in [3.63, 3.8) is 0 Å². The summed E-state index contributed by atoms with van der Waals surface area (Å²) in [5.74, 6) is 0. The number of nitrogens with zero attached hydrogens (tertiary/aromatic N) is 2. The molecular weight excluding hydrogens is 846 g/mol. The van der Waals surface area contributed by atoms with Crippen LogP contribution in [0.5, 0.6) is 0 Å². The van der Waals surface area contributed by atoms with Crippen molar-refractivity contribution >= 4 is 118 Å². The van der Waals surface area contributed by atoms with E-state index in [9.17, 15) is 0 Å². The average Bonchev–Trinajstić information content (AvgIpc) is 3.77. The number of rotatable bonds is 9. The smallest absolute Gasteiger partial charge is 0.173 e. The largest absolute Gasteiger partial charge is 0.309 e. The minimum atomic E-state index is -3.44. The molecule has 0 saturated heterocycles. The lowest BCUT2D eigenvalue weighted by molar-refractivity contribution is 0.591. The summed E-state index contributed by atoms with van der Waals surface area (Å²) >= 11 is 6.90. The van der Waals surface area contributed by atoms with Gasteiger partial charge in [0, 0.05) is 48.6 Å². The van der Waals surface area contributed by atoms with Gasteiger partial charge in [-0.3, -0.25) is 4.40 Å². The molecule has 0 spiro atoms. The molecule has 11 rings (SSSR count). The Balaban J connectivity index is 1.27. The summed E-state index contributed by atoms with van der Waals surface area (Å²) in [7, 11) is -6.82. The SMILES string of the molecule is O=P(c1ccccc1)(c1ccccc1)c1ccc2c3cc(P(=S)(c4ccccc4)c4ccccc4)ccc3n3c4cccc(P(=O)(c5ccccc5)c5ccccc5)c4nc3c2c1. The Bertz CT molecular complexity index is 3510. The van der Waals surface area contributed by atoms with Crippen LogP contribution in [0, 0.1) is 0 Å². The number of hydrogen-bond donors (Lipinski definition) is 0. The van der Waals surface area contributed by atoms with Crippen molar-refractivity contribution in [3.05, 3.63) is 237 Å². The van der Waals surface area contributed by atoms with Crippen LogP contribution in [0.3, 0.4) is 0 Å². The third kappa shape index (κ3) is 6.26. The van der Waals surface area contributed by atoms with Gasteiger partial charge in [-0.1, -0.05) is 218 Å². The van der Waals surface area contributed by atoms with Crippen molar-refractivity contribution in [2.24, 2.45) is 0 Å². The second-order valence-electron chi connectivity index (χ2n) is 15.7. The molecule has 0 unspecified atom stereocenters. The maximum atomic E-state index is 16.1. The van der Waals surface area contributed by atoms with Gasteiger partial charge in [0.05, 0.1) is 11.0 Å². The van der Waals surface area contributed by atoms with Crippen molar-refractivity contribution in [1.29, 1.82) is 0 Å². The van der Waals surface area contributed by atoms with E-state index in [4.69, 9.17) is 16.8 Å². The van der Waals surface area contributed by atoms with Crippen LogP contribution in [0.2, 0.25) is 0 Å². The summed E-state index contributed by atoms with van der Waals surface area (Å²) in [6, 6.07) is 76.3. The Morgan fingerprint density at radius 3 is 1.27 bits per heavy atom. The Hall–Kier alpha value is -6.44. The first-order valence-electron chi connectivity index (χ1n) is 20.9. The number of pyridine rings is 1.